The third kappa shape index (κ3) is 9.74. The van der Waals surface area contributed by atoms with Crippen LogP contribution in [0.2, 0.25) is 0 Å². The van der Waals surface area contributed by atoms with E-state index in [9.17, 15) is 25.9 Å². The molecule has 4 aromatic rings. The van der Waals surface area contributed by atoms with Crippen LogP contribution in [0, 0.1) is 0 Å². The van der Waals surface area contributed by atoms with Crippen molar-refractivity contribution in [2.24, 2.45) is 0 Å². The summed E-state index contributed by atoms with van der Waals surface area (Å²) in [6.07, 6.45) is 8.37. The zero-order valence-electron chi connectivity index (χ0n) is 29.1. The second-order valence-electron chi connectivity index (χ2n) is 12.1. The lowest BCUT2D eigenvalue weighted by Gasteiger charge is -2.26. The first-order valence-corrected chi connectivity index (χ1v) is 19.1. The van der Waals surface area contributed by atoms with Crippen LogP contribution >= 0.6 is 0 Å². The Balaban J connectivity index is 0.00000583. The summed E-state index contributed by atoms with van der Waals surface area (Å²) in [6, 6.07) is 29.0. The second kappa shape index (κ2) is 16.8. The molecule has 0 atom stereocenters. The highest BCUT2D eigenvalue weighted by atomic mass is 32.2. The van der Waals surface area contributed by atoms with E-state index >= 15 is 0 Å². The van der Waals surface area contributed by atoms with E-state index in [2.05, 4.69) is 53.5 Å². The molecule has 0 aliphatic heterocycles. The van der Waals surface area contributed by atoms with Crippen molar-refractivity contribution >= 4 is 60.3 Å². The molecule has 0 saturated heterocycles. The van der Waals surface area contributed by atoms with Crippen molar-refractivity contribution in [3.63, 3.8) is 0 Å². The van der Waals surface area contributed by atoms with E-state index in [1.807, 2.05) is 67.8 Å². The van der Waals surface area contributed by atoms with Crippen molar-refractivity contribution < 1.29 is 30.5 Å². The highest BCUT2D eigenvalue weighted by molar-refractivity contribution is 7.86. The molecule has 0 amide bonds. The molecule has 9 nitrogen and oxygen atoms in total. The van der Waals surface area contributed by atoms with Crippen LogP contribution in [-0.2, 0) is 33.3 Å². The zero-order chi connectivity index (χ0) is 36.1. The van der Waals surface area contributed by atoms with E-state index in [0.29, 0.717) is 25.2 Å². The van der Waals surface area contributed by atoms with Gasteiger partial charge in [-0.3, -0.25) is 4.55 Å². The number of anilines is 2. The van der Waals surface area contributed by atoms with Crippen LogP contribution in [0.3, 0.4) is 0 Å². The van der Waals surface area contributed by atoms with Gasteiger partial charge in [0.05, 0.1) is 9.79 Å². The van der Waals surface area contributed by atoms with E-state index in [-0.39, 0.29) is 33.7 Å². The number of rotatable bonds is 12. The first-order valence-electron chi connectivity index (χ1n) is 16.2. The monoisotopic (exact) mass is 738 g/mol. The van der Waals surface area contributed by atoms with Crippen molar-refractivity contribution in [1.29, 1.82) is 0 Å². The van der Waals surface area contributed by atoms with Gasteiger partial charge in [0.25, 0.3) is 10.1 Å². The fourth-order valence-corrected chi connectivity index (χ4v) is 7.23. The van der Waals surface area contributed by atoms with E-state index in [4.69, 9.17) is 0 Å². The van der Waals surface area contributed by atoms with Gasteiger partial charge in [0.15, 0.2) is 5.71 Å². The molecule has 0 fully saturated rings. The molecule has 12 heteroatoms. The first-order chi connectivity index (χ1) is 23.8. The van der Waals surface area contributed by atoms with E-state index < -0.39 is 20.2 Å². The fourth-order valence-electron chi connectivity index (χ4n) is 5.98. The summed E-state index contributed by atoms with van der Waals surface area (Å²) in [7, 11) is -4.91. The van der Waals surface area contributed by atoms with Gasteiger partial charge in [0.2, 0.25) is 0 Å². The van der Waals surface area contributed by atoms with Gasteiger partial charge in [0.1, 0.15) is 24.2 Å². The van der Waals surface area contributed by atoms with Crippen molar-refractivity contribution in [3.8, 4) is 0 Å². The van der Waals surface area contributed by atoms with Crippen LogP contribution in [-0.4, -0.2) is 80.8 Å². The summed E-state index contributed by atoms with van der Waals surface area (Å²) in [5.41, 5.74) is 8.21. The molecule has 51 heavy (non-hydrogen) atoms. The Bertz CT molecular complexity index is 2190. The van der Waals surface area contributed by atoms with Crippen molar-refractivity contribution in [2.45, 2.75) is 36.7 Å². The predicted octanol–water partition coefficient (Wildman–Crippen LogP) is 6.15. The van der Waals surface area contributed by atoms with Crippen LogP contribution in [0.5, 0.6) is 0 Å². The summed E-state index contributed by atoms with van der Waals surface area (Å²) in [5, 5.41) is 0. The Morgan fingerprint density at radius 2 is 1.24 bits per heavy atom. The molecule has 0 spiro atoms. The Hall–Kier alpha value is -4.28. The van der Waals surface area contributed by atoms with Crippen LogP contribution < -0.4 is 9.80 Å². The highest BCUT2D eigenvalue weighted by Gasteiger charge is 2.17. The Morgan fingerprint density at radius 3 is 1.73 bits per heavy atom. The molecule has 0 unspecified atom stereocenters. The fraction of sp³-hybridized carbons (Fsp3) is 0.205. The molecule has 1 aliphatic rings. The highest BCUT2D eigenvalue weighted by Crippen LogP contribution is 2.33. The third-order valence-corrected chi connectivity index (χ3v) is 10.4. The van der Waals surface area contributed by atoms with E-state index in [1.165, 1.54) is 18.2 Å². The smallest absolute Gasteiger partial charge is 0.294 e. The molecular weight excluding hydrogens is 698 g/mol. The largest absolute Gasteiger partial charge is 0.744 e. The number of benzene rings is 4. The maximum absolute atomic E-state index is 11.9. The summed E-state index contributed by atoms with van der Waals surface area (Å²) >= 11 is 0. The lowest BCUT2D eigenvalue weighted by atomic mass is 9.90. The van der Waals surface area contributed by atoms with Crippen LogP contribution in [0.1, 0.15) is 36.1 Å². The van der Waals surface area contributed by atoms with Gasteiger partial charge in [-0.1, -0.05) is 54.6 Å². The zero-order valence-corrected chi connectivity index (χ0v) is 31.9. The number of nitrogens with zero attached hydrogens (tertiary/aromatic N) is 3. The van der Waals surface area contributed by atoms with Gasteiger partial charge < -0.3 is 14.4 Å². The second-order valence-corrected chi connectivity index (χ2v) is 14.9. The van der Waals surface area contributed by atoms with Crippen LogP contribution in [0.15, 0.2) is 137 Å². The van der Waals surface area contributed by atoms with Crippen molar-refractivity contribution in [2.75, 3.05) is 37.0 Å². The maximum atomic E-state index is 11.9. The molecule has 0 heterocycles. The summed E-state index contributed by atoms with van der Waals surface area (Å²) in [4.78, 5) is 3.82. The maximum Gasteiger partial charge on any atom is 0.294 e. The summed E-state index contributed by atoms with van der Waals surface area (Å²) < 4.78 is 70.6. The summed E-state index contributed by atoms with van der Waals surface area (Å²) in [6.45, 7) is 6.03. The van der Waals surface area contributed by atoms with E-state index in [1.54, 1.807) is 24.3 Å². The van der Waals surface area contributed by atoms with Gasteiger partial charge in [-0.2, -0.15) is 8.42 Å². The molecule has 5 rings (SSSR count). The molecule has 1 N–H and O–H groups in total. The minimum absolute atomic E-state index is 0. The minimum Gasteiger partial charge on any atom is -0.744 e. The van der Waals surface area contributed by atoms with Gasteiger partial charge in [-0.15, -0.1) is 0 Å². The lowest BCUT2D eigenvalue weighted by Crippen LogP contribution is -2.23. The Morgan fingerprint density at radius 1 is 0.706 bits per heavy atom. The topological polar surface area (TPSA) is 121 Å². The predicted molar refractivity (Wildman–Crippen MR) is 204 cm³/mol. The molecule has 3 radical (unpaired) electrons. The molecule has 0 bridgehead atoms. The first kappa shape index (κ1) is 39.5. The van der Waals surface area contributed by atoms with Gasteiger partial charge in [-0.05, 0) is 102 Å². The quantitative estimate of drug-likeness (QED) is 0.104. The van der Waals surface area contributed by atoms with Gasteiger partial charge in [-0.25, -0.2) is 13.0 Å². The lowest BCUT2D eigenvalue weighted by molar-refractivity contribution is -0.462. The van der Waals surface area contributed by atoms with E-state index in [0.717, 1.165) is 44.9 Å². The average molecular weight is 739 g/mol. The minimum atomic E-state index is -4.61. The molecule has 263 valence electrons. The molecule has 1 aliphatic carbocycles. The van der Waals surface area contributed by atoms with Crippen LogP contribution in [0.25, 0.3) is 5.57 Å². The number of hydrogen-bond acceptors (Lipinski definition) is 7. The normalized spacial score (nSPS) is 12.7. The van der Waals surface area contributed by atoms with Gasteiger partial charge >= 0.3 is 0 Å². The number of allylic oxidation sites excluding steroid dienone is 5. The molecule has 0 aromatic heterocycles. The molecular formula is C39H41AlN3O6S2. The summed E-state index contributed by atoms with van der Waals surface area (Å²) in [5.74, 6) is 0. The SMILES string of the molecule is CCN(Cc1cccc(S(=O)(=O)O)c1)c1ccc(C(=C2C=CC(=[N+](C)C)C=C2)c2ccc(N(CC)Cc3ccccc3S(=O)(=O)[O-])cc2)cc1.[Al]. The molecule has 4 aromatic carbocycles. The van der Waals surface area contributed by atoms with Crippen molar-refractivity contribution in [3.05, 3.63) is 149 Å². The molecule has 0 saturated carbocycles. The van der Waals surface area contributed by atoms with Crippen molar-refractivity contribution in [1.82, 2.24) is 0 Å². The van der Waals surface area contributed by atoms with Gasteiger partial charge in [0, 0.05) is 67.1 Å². The van der Waals surface area contributed by atoms with Crippen LogP contribution in [0.4, 0.5) is 11.4 Å². The third-order valence-electron chi connectivity index (χ3n) is 8.65. The standard InChI is InChI=1S/C39H41N3O6S2.Al/c1-5-41(27-29-10-9-12-37(26-29)49(43,44)45)35-22-16-31(17-23-35)39(30-14-20-34(21-15-30)40(3)4)32-18-24-36(25-19-32)42(6-2)28-33-11-7-8-13-38(33)50(46,47)48;/h7-26H,5-6,27-28H2,1-4H3,(H-,43,44,45,46,47,48);. The Labute approximate surface area is 312 Å². The Kier molecular flexibility index (Phi) is 13.0. The number of hydrogen-bond donors (Lipinski definition) is 1. The average Bonchev–Trinajstić information content (AvgIpc) is 3.10.